The SMILES string of the molecule is CC(C)CN1CCN(C(C(=O)O)c2ccco2)CC1C. The van der Waals surface area contributed by atoms with Gasteiger partial charge in [-0.15, -0.1) is 0 Å². The van der Waals surface area contributed by atoms with Crippen molar-refractivity contribution in [1.82, 2.24) is 9.80 Å². The van der Waals surface area contributed by atoms with Gasteiger partial charge in [0.15, 0.2) is 6.04 Å². The number of furan rings is 1. The third-order valence-corrected chi connectivity index (χ3v) is 3.81. The summed E-state index contributed by atoms with van der Waals surface area (Å²) in [7, 11) is 0. The molecule has 0 spiro atoms. The summed E-state index contributed by atoms with van der Waals surface area (Å²) >= 11 is 0. The monoisotopic (exact) mass is 280 g/mol. The fourth-order valence-corrected chi connectivity index (χ4v) is 2.90. The van der Waals surface area contributed by atoms with Crippen LogP contribution in [0.3, 0.4) is 0 Å². The molecule has 1 aromatic heterocycles. The average molecular weight is 280 g/mol. The summed E-state index contributed by atoms with van der Waals surface area (Å²) in [5.74, 6) is 0.302. The number of rotatable bonds is 5. The van der Waals surface area contributed by atoms with Crippen molar-refractivity contribution in [1.29, 1.82) is 0 Å². The maximum Gasteiger partial charge on any atom is 0.328 e. The zero-order valence-corrected chi connectivity index (χ0v) is 12.5. The first-order valence-electron chi connectivity index (χ1n) is 7.23. The van der Waals surface area contributed by atoms with Gasteiger partial charge in [-0.1, -0.05) is 13.8 Å². The molecule has 20 heavy (non-hydrogen) atoms. The quantitative estimate of drug-likeness (QED) is 0.894. The highest BCUT2D eigenvalue weighted by atomic mass is 16.4. The lowest BCUT2D eigenvalue weighted by Crippen LogP contribution is -2.54. The highest BCUT2D eigenvalue weighted by Gasteiger charge is 2.34. The molecule has 0 saturated carbocycles. The molecule has 0 amide bonds. The van der Waals surface area contributed by atoms with Crippen molar-refractivity contribution in [3.8, 4) is 0 Å². The van der Waals surface area contributed by atoms with E-state index >= 15 is 0 Å². The van der Waals surface area contributed by atoms with Crippen LogP contribution in [0.15, 0.2) is 22.8 Å². The van der Waals surface area contributed by atoms with Crippen molar-refractivity contribution in [3.63, 3.8) is 0 Å². The van der Waals surface area contributed by atoms with Crippen LogP contribution in [-0.4, -0.2) is 53.1 Å². The third-order valence-electron chi connectivity index (χ3n) is 3.81. The predicted molar refractivity (Wildman–Crippen MR) is 76.5 cm³/mol. The summed E-state index contributed by atoms with van der Waals surface area (Å²) in [6.07, 6.45) is 1.53. The van der Waals surface area contributed by atoms with Crippen LogP contribution < -0.4 is 0 Å². The minimum Gasteiger partial charge on any atom is -0.480 e. The third kappa shape index (κ3) is 3.41. The van der Waals surface area contributed by atoms with Gasteiger partial charge in [0.1, 0.15) is 5.76 Å². The normalized spacial score (nSPS) is 23.1. The molecule has 2 atom stereocenters. The maximum atomic E-state index is 11.5. The first-order valence-corrected chi connectivity index (χ1v) is 7.23. The van der Waals surface area contributed by atoms with Gasteiger partial charge in [0.25, 0.3) is 0 Å². The molecule has 5 heteroatoms. The molecule has 0 bridgehead atoms. The molecule has 1 saturated heterocycles. The standard InChI is InChI=1S/C15H24N2O3/c1-11(2)9-16-6-7-17(10-12(16)3)14(15(18)19)13-5-4-8-20-13/h4-5,8,11-12,14H,6-7,9-10H2,1-3H3,(H,18,19). The highest BCUT2D eigenvalue weighted by molar-refractivity contribution is 5.74. The molecule has 2 unspecified atom stereocenters. The van der Waals surface area contributed by atoms with Crippen LogP contribution in [0.4, 0.5) is 0 Å². The Morgan fingerprint density at radius 3 is 2.75 bits per heavy atom. The number of carboxylic acids is 1. The van der Waals surface area contributed by atoms with E-state index in [-0.39, 0.29) is 0 Å². The number of nitrogens with zero attached hydrogens (tertiary/aromatic N) is 2. The molecule has 0 aliphatic carbocycles. The van der Waals surface area contributed by atoms with Gasteiger partial charge in [-0.3, -0.25) is 14.6 Å². The maximum absolute atomic E-state index is 11.5. The molecule has 5 nitrogen and oxygen atoms in total. The van der Waals surface area contributed by atoms with E-state index in [2.05, 4.69) is 25.7 Å². The number of aliphatic carboxylic acids is 1. The fraction of sp³-hybridized carbons (Fsp3) is 0.667. The second kappa shape index (κ2) is 6.41. The lowest BCUT2D eigenvalue weighted by Gasteiger charge is -2.42. The number of piperazine rings is 1. The van der Waals surface area contributed by atoms with Crippen LogP contribution in [0.2, 0.25) is 0 Å². The number of carbonyl (C=O) groups is 1. The smallest absolute Gasteiger partial charge is 0.328 e. The Morgan fingerprint density at radius 2 is 2.25 bits per heavy atom. The predicted octanol–water partition coefficient (Wildman–Crippen LogP) is 2.07. The zero-order valence-electron chi connectivity index (χ0n) is 12.5. The van der Waals surface area contributed by atoms with Crippen molar-refractivity contribution in [2.45, 2.75) is 32.9 Å². The molecular weight excluding hydrogens is 256 g/mol. The highest BCUT2D eigenvalue weighted by Crippen LogP contribution is 2.25. The van der Waals surface area contributed by atoms with Gasteiger partial charge >= 0.3 is 5.97 Å². The number of hydrogen-bond acceptors (Lipinski definition) is 4. The summed E-state index contributed by atoms with van der Waals surface area (Å²) in [6.45, 7) is 10.1. The molecule has 1 aliphatic rings. The van der Waals surface area contributed by atoms with E-state index in [1.54, 1.807) is 12.1 Å². The van der Waals surface area contributed by atoms with Crippen molar-refractivity contribution >= 4 is 5.97 Å². The van der Waals surface area contributed by atoms with E-state index in [0.717, 1.165) is 26.2 Å². The topological polar surface area (TPSA) is 56.9 Å². The van der Waals surface area contributed by atoms with Crippen LogP contribution in [0.5, 0.6) is 0 Å². The lowest BCUT2D eigenvalue weighted by atomic mass is 10.1. The van der Waals surface area contributed by atoms with Gasteiger partial charge in [-0.2, -0.15) is 0 Å². The van der Waals surface area contributed by atoms with Crippen molar-refractivity contribution < 1.29 is 14.3 Å². The van der Waals surface area contributed by atoms with E-state index in [1.165, 1.54) is 6.26 Å². The number of carboxylic acid groups (broad SMARTS) is 1. The molecule has 1 aromatic rings. The van der Waals surface area contributed by atoms with E-state index < -0.39 is 12.0 Å². The van der Waals surface area contributed by atoms with Gasteiger partial charge in [0.2, 0.25) is 0 Å². The number of hydrogen-bond donors (Lipinski definition) is 1. The van der Waals surface area contributed by atoms with E-state index in [4.69, 9.17) is 4.42 Å². The van der Waals surface area contributed by atoms with E-state index in [9.17, 15) is 9.90 Å². The van der Waals surface area contributed by atoms with Gasteiger partial charge in [0, 0.05) is 32.2 Å². The van der Waals surface area contributed by atoms with Crippen LogP contribution in [0, 0.1) is 5.92 Å². The van der Waals surface area contributed by atoms with Gasteiger partial charge in [-0.05, 0) is 25.0 Å². The van der Waals surface area contributed by atoms with Crippen LogP contribution in [0.25, 0.3) is 0 Å². The summed E-state index contributed by atoms with van der Waals surface area (Å²) in [6, 6.07) is 3.17. The Hall–Kier alpha value is -1.33. The van der Waals surface area contributed by atoms with Gasteiger partial charge < -0.3 is 9.52 Å². The molecule has 1 N–H and O–H groups in total. The Labute approximate surface area is 120 Å². The van der Waals surface area contributed by atoms with Crippen LogP contribution in [-0.2, 0) is 4.79 Å². The molecule has 2 heterocycles. The molecular formula is C15H24N2O3. The lowest BCUT2D eigenvalue weighted by molar-refractivity contribution is -0.145. The van der Waals surface area contributed by atoms with Gasteiger partial charge in [-0.25, -0.2) is 0 Å². The van der Waals surface area contributed by atoms with E-state index in [0.29, 0.717) is 17.7 Å². The van der Waals surface area contributed by atoms with Crippen molar-refractivity contribution in [2.75, 3.05) is 26.2 Å². The molecule has 0 aromatic carbocycles. The Kier molecular flexibility index (Phi) is 4.83. The van der Waals surface area contributed by atoms with E-state index in [1.807, 2.05) is 4.90 Å². The molecule has 112 valence electrons. The first-order chi connectivity index (χ1) is 9.49. The molecule has 1 fully saturated rings. The van der Waals surface area contributed by atoms with Crippen LogP contribution >= 0.6 is 0 Å². The summed E-state index contributed by atoms with van der Waals surface area (Å²) < 4.78 is 5.30. The average Bonchev–Trinajstić information content (AvgIpc) is 2.85. The second-order valence-corrected chi connectivity index (χ2v) is 5.99. The molecule has 0 radical (unpaired) electrons. The van der Waals surface area contributed by atoms with Gasteiger partial charge in [0.05, 0.1) is 6.26 Å². The largest absolute Gasteiger partial charge is 0.480 e. The molecule has 2 rings (SSSR count). The second-order valence-electron chi connectivity index (χ2n) is 5.99. The zero-order chi connectivity index (χ0) is 14.7. The first kappa shape index (κ1) is 15.1. The Bertz CT molecular complexity index is 430. The molecule has 1 aliphatic heterocycles. The summed E-state index contributed by atoms with van der Waals surface area (Å²) in [5, 5.41) is 9.48. The summed E-state index contributed by atoms with van der Waals surface area (Å²) in [4.78, 5) is 16.0. The Balaban J connectivity index is 2.05. The summed E-state index contributed by atoms with van der Waals surface area (Å²) in [5.41, 5.74) is 0. The minimum absolute atomic E-state index is 0.364. The van der Waals surface area contributed by atoms with Crippen LogP contribution in [0.1, 0.15) is 32.6 Å². The van der Waals surface area contributed by atoms with Crippen molar-refractivity contribution in [2.24, 2.45) is 5.92 Å². The minimum atomic E-state index is -0.843. The Morgan fingerprint density at radius 1 is 1.50 bits per heavy atom. The fourth-order valence-electron chi connectivity index (χ4n) is 2.90. The van der Waals surface area contributed by atoms with Crippen molar-refractivity contribution in [3.05, 3.63) is 24.2 Å².